The van der Waals surface area contributed by atoms with E-state index in [9.17, 15) is 2.74 Å². The topological polar surface area (TPSA) is 13.1 Å². The average molecular weight is 553 g/mol. The molecular weight excluding hydrogens is 520 g/mol. The van der Waals surface area contributed by atoms with Crippen molar-refractivity contribution < 1.29 is 12.6 Å². The van der Waals surface area contributed by atoms with E-state index in [1.54, 1.807) is 0 Å². The molecule has 9 rings (SSSR count). The van der Waals surface area contributed by atoms with Crippen LogP contribution in [0.1, 0.15) is 8.22 Å². The largest absolute Gasteiger partial charge is 0.455 e. The van der Waals surface area contributed by atoms with Crippen molar-refractivity contribution in [3.8, 4) is 33.4 Å². The van der Waals surface area contributed by atoms with Crippen LogP contribution in [0.5, 0.6) is 0 Å². The minimum Gasteiger partial charge on any atom is -0.455 e. The predicted molar refractivity (Wildman–Crippen MR) is 183 cm³/mol. The highest BCUT2D eigenvalue weighted by molar-refractivity contribution is 6.27. The van der Waals surface area contributed by atoms with Crippen molar-refractivity contribution in [3.05, 3.63) is 158 Å². The molecule has 0 fully saturated rings. The number of fused-ring (bicyclic) bond motifs is 6. The van der Waals surface area contributed by atoms with E-state index >= 15 is 0 Å². The molecule has 200 valence electrons. The normalized spacial score (nSPS) is 13.7. The molecule has 1 nitrogen and oxygen atoms in total. The van der Waals surface area contributed by atoms with Crippen molar-refractivity contribution >= 4 is 54.3 Å². The highest BCUT2D eigenvalue weighted by Crippen LogP contribution is 2.49. The van der Waals surface area contributed by atoms with Gasteiger partial charge in [-0.05, 0) is 72.2 Å². The van der Waals surface area contributed by atoms with Gasteiger partial charge in [0.15, 0.2) is 0 Å². The fraction of sp³-hybridized carbons (Fsp3) is 0. The summed E-state index contributed by atoms with van der Waals surface area (Å²) in [5.41, 5.74) is 4.55. The second-order valence-electron chi connectivity index (χ2n) is 10.7. The van der Waals surface area contributed by atoms with Gasteiger partial charge < -0.3 is 4.42 Å². The molecule has 0 saturated heterocycles. The second kappa shape index (κ2) is 9.44. The molecule has 0 aliphatic heterocycles. The number of hydrogen-bond donors (Lipinski definition) is 0. The summed E-state index contributed by atoms with van der Waals surface area (Å²) >= 11 is 0. The zero-order chi connectivity index (χ0) is 33.6. The number of furan rings is 1. The standard InChI is InChI=1S/C42H26O/c1-2-13-28(14-3-1)30-25-26-37(41-36-22-10-11-24-38(36)43-42(30)41)40-34-20-8-6-18-32(34)39(33-19-7-9-21-35(33)40)31-23-12-16-27-15-4-5-17-29(27)31/h1-26H/i10D,11D,22D,24D,25D,26D. The first-order valence-corrected chi connectivity index (χ1v) is 14.3. The first-order chi connectivity index (χ1) is 23.9. The Bertz CT molecular complexity index is 2780. The summed E-state index contributed by atoms with van der Waals surface area (Å²) in [5, 5.41) is 6.50. The van der Waals surface area contributed by atoms with Crippen molar-refractivity contribution in [3.63, 3.8) is 0 Å². The summed E-state index contributed by atoms with van der Waals surface area (Å²) in [5.74, 6) is 0. The lowest BCUT2D eigenvalue weighted by atomic mass is 9.83. The van der Waals surface area contributed by atoms with Crippen LogP contribution in [0.2, 0.25) is 0 Å². The SMILES string of the molecule is [2H]c1c([2H])c([2H])c2c(oc3c(-c4ccccc4)c([2H])c([2H])c(-c4c5ccccc5c(-c5cccc6ccccc56)c5ccccc45)c32)c1[2H]. The van der Waals surface area contributed by atoms with Crippen LogP contribution in [0.4, 0.5) is 0 Å². The molecule has 0 radical (unpaired) electrons. The van der Waals surface area contributed by atoms with E-state index in [0.29, 0.717) is 27.6 Å². The predicted octanol–water partition coefficient (Wildman–Crippen LogP) is 12.0. The van der Waals surface area contributed by atoms with Crippen molar-refractivity contribution in [1.82, 2.24) is 0 Å². The van der Waals surface area contributed by atoms with Crippen molar-refractivity contribution in [1.29, 1.82) is 0 Å². The molecule has 0 aliphatic rings. The second-order valence-corrected chi connectivity index (χ2v) is 10.7. The maximum atomic E-state index is 9.69. The third-order valence-corrected chi connectivity index (χ3v) is 8.43. The third-order valence-electron chi connectivity index (χ3n) is 8.43. The molecule has 0 aliphatic carbocycles. The molecule has 0 amide bonds. The molecule has 8 aromatic carbocycles. The van der Waals surface area contributed by atoms with E-state index in [0.717, 1.165) is 43.4 Å². The molecule has 9 aromatic rings. The van der Waals surface area contributed by atoms with Crippen molar-refractivity contribution in [2.24, 2.45) is 0 Å². The monoisotopic (exact) mass is 552 g/mol. The maximum absolute atomic E-state index is 9.69. The Hall–Kier alpha value is -5.66. The maximum Gasteiger partial charge on any atom is 0.143 e. The molecular formula is C42H26O. The number of para-hydroxylation sites is 1. The quantitative estimate of drug-likeness (QED) is 0.199. The van der Waals surface area contributed by atoms with E-state index in [2.05, 4.69) is 42.5 Å². The van der Waals surface area contributed by atoms with Crippen LogP contribution in [0.25, 0.3) is 87.6 Å². The van der Waals surface area contributed by atoms with E-state index in [-0.39, 0.29) is 46.8 Å². The van der Waals surface area contributed by atoms with Gasteiger partial charge in [0.2, 0.25) is 0 Å². The Labute approximate surface area is 257 Å². The van der Waals surface area contributed by atoms with Gasteiger partial charge in [-0.3, -0.25) is 0 Å². The van der Waals surface area contributed by atoms with Crippen molar-refractivity contribution in [2.45, 2.75) is 0 Å². The zero-order valence-electron chi connectivity index (χ0n) is 29.0. The summed E-state index contributed by atoms with van der Waals surface area (Å²) in [7, 11) is 0. The highest BCUT2D eigenvalue weighted by Gasteiger charge is 2.22. The third kappa shape index (κ3) is 3.58. The smallest absolute Gasteiger partial charge is 0.143 e. The van der Waals surface area contributed by atoms with E-state index in [1.807, 2.05) is 78.9 Å². The van der Waals surface area contributed by atoms with Crippen LogP contribution < -0.4 is 0 Å². The lowest BCUT2D eigenvalue weighted by molar-refractivity contribution is 0.670. The zero-order valence-corrected chi connectivity index (χ0v) is 23.0. The first kappa shape index (κ1) is 18.7. The van der Waals surface area contributed by atoms with Gasteiger partial charge >= 0.3 is 0 Å². The summed E-state index contributed by atoms with van der Waals surface area (Å²) in [6, 6.07) is 38.7. The van der Waals surface area contributed by atoms with Crippen LogP contribution in [-0.2, 0) is 0 Å². The summed E-state index contributed by atoms with van der Waals surface area (Å²) in [6.07, 6.45) is 0. The minimum absolute atomic E-state index is 0.00502. The molecule has 0 N–H and O–H groups in total. The van der Waals surface area contributed by atoms with Gasteiger partial charge in [0.1, 0.15) is 11.2 Å². The van der Waals surface area contributed by atoms with E-state index in [4.69, 9.17) is 9.90 Å². The van der Waals surface area contributed by atoms with Crippen LogP contribution in [0.3, 0.4) is 0 Å². The Balaban J connectivity index is 1.54. The van der Waals surface area contributed by atoms with Crippen molar-refractivity contribution in [2.75, 3.05) is 0 Å². The van der Waals surface area contributed by atoms with Gasteiger partial charge in [0, 0.05) is 16.3 Å². The van der Waals surface area contributed by atoms with Crippen LogP contribution in [0, 0.1) is 0 Å². The number of rotatable bonds is 3. The molecule has 43 heavy (non-hydrogen) atoms. The molecule has 1 heterocycles. The molecule has 0 bridgehead atoms. The van der Waals surface area contributed by atoms with Gasteiger partial charge in [-0.2, -0.15) is 0 Å². The summed E-state index contributed by atoms with van der Waals surface area (Å²) < 4.78 is 60.4. The van der Waals surface area contributed by atoms with E-state index in [1.165, 1.54) is 0 Å². The lowest BCUT2D eigenvalue weighted by Gasteiger charge is -2.19. The van der Waals surface area contributed by atoms with Crippen LogP contribution >= 0.6 is 0 Å². The number of hydrogen-bond acceptors (Lipinski definition) is 1. The summed E-state index contributed by atoms with van der Waals surface area (Å²) in [6.45, 7) is 0. The van der Waals surface area contributed by atoms with Crippen LogP contribution in [0.15, 0.2) is 162 Å². The lowest BCUT2D eigenvalue weighted by Crippen LogP contribution is -1.92. The average Bonchev–Trinajstić information content (AvgIpc) is 3.53. The first-order valence-electron chi connectivity index (χ1n) is 17.3. The molecule has 0 unspecified atom stereocenters. The van der Waals surface area contributed by atoms with Gasteiger partial charge in [-0.15, -0.1) is 0 Å². The Morgan fingerprint density at radius 3 is 1.70 bits per heavy atom. The van der Waals surface area contributed by atoms with Gasteiger partial charge in [0.05, 0.1) is 8.22 Å². The van der Waals surface area contributed by atoms with E-state index < -0.39 is 6.04 Å². The summed E-state index contributed by atoms with van der Waals surface area (Å²) in [4.78, 5) is 0. The molecule has 1 heteroatoms. The number of benzene rings is 8. The Morgan fingerprint density at radius 1 is 0.419 bits per heavy atom. The molecule has 0 saturated carbocycles. The van der Waals surface area contributed by atoms with Gasteiger partial charge in [0.25, 0.3) is 0 Å². The van der Waals surface area contributed by atoms with Gasteiger partial charge in [-0.1, -0.05) is 145 Å². The molecule has 0 atom stereocenters. The molecule has 0 spiro atoms. The van der Waals surface area contributed by atoms with Crippen LogP contribution in [-0.4, -0.2) is 0 Å². The molecule has 1 aromatic heterocycles. The fourth-order valence-corrected chi connectivity index (χ4v) is 6.61. The highest BCUT2D eigenvalue weighted by atomic mass is 16.3. The Morgan fingerprint density at radius 2 is 0.977 bits per heavy atom. The Kier molecular flexibility index (Phi) is 4.11. The fourth-order valence-electron chi connectivity index (χ4n) is 6.61. The van der Waals surface area contributed by atoms with Gasteiger partial charge in [-0.25, -0.2) is 0 Å². The minimum atomic E-state index is -0.396.